The average Bonchev–Trinajstić information content (AvgIpc) is 3.02. The lowest BCUT2D eigenvalue weighted by atomic mass is 10.1. The maximum absolute atomic E-state index is 11.7. The van der Waals surface area contributed by atoms with Gasteiger partial charge < -0.3 is 23.8 Å². The Morgan fingerprint density at radius 3 is 2.36 bits per heavy atom. The van der Waals surface area contributed by atoms with Crippen LogP contribution in [0.3, 0.4) is 0 Å². The average molecular weight is 307 g/mol. The number of esters is 1. The molecule has 0 atom stereocenters. The van der Waals surface area contributed by atoms with E-state index in [2.05, 4.69) is 9.89 Å². The molecule has 1 heterocycles. The lowest BCUT2D eigenvalue weighted by molar-refractivity contribution is 0.0599. The van der Waals surface area contributed by atoms with Crippen molar-refractivity contribution in [1.82, 2.24) is 5.16 Å². The van der Waals surface area contributed by atoms with Crippen LogP contribution in [0, 0.1) is 0 Å². The quantitative estimate of drug-likeness (QED) is 0.834. The number of methoxy groups -OCH3 is 3. The first-order valence-electron chi connectivity index (χ1n) is 6.06. The molecule has 0 aliphatic carbocycles. The van der Waals surface area contributed by atoms with Gasteiger partial charge >= 0.3 is 11.9 Å². The molecular weight excluding hydrogens is 294 g/mol. The summed E-state index contributed by atoms with van der Waals surface area (Å²) in [7, 11) is 4.07. The predicted molar refractivity (Wildman–Crippen MR) is 73.3 cm³/mol. The Bertz CT molecular complexity index is 720. The van der Waals surface area contributed by atoms with Crippen LogP contribution in [-0.2, 0) is 4.74 Å². The van der Waals surface area contributed by atoms with Gasteiger partial charge in [0.15, 0.2) is 11.5 Å². The summed E-state index contributed by atoms with van der Waals surface area (Å²) in [4.78, 5) is 22.6. The zero-order chi connectivity index (χ0) is 16.3. The highest BCUT2D eigenvalue weighted by Gasteiger charge is 2.21. The van der Waals surface area contributed by atoms with Crippen molar-refractivity contribution in [3.05, 3.63) is 29.5 Å². The number of rotatable bonds is 5. The van der Waals surface area contributed by atoms with Crippen LogP contribution in [0.1, 0.15) is 20.9 Å². The second-order valence-corrected chi connectivity index (χ2v) is 4.13. The highest BCUT2D eigenvalue weighted by Crippen LogP contribution is 2.39. The molecule has 1 aromatic heterocycles. The van der Waals surface area contributed by atoms with Crippen molar-refractivity contribution in [2.75, 3.05) is 21.3 Å². The number of aromatic nitrogens is 1. The summed E-state index contributed by atoms with van der Waals surface area (Å²) >= 11 is 0. The standard InChI is InChI=1S/C14H13NO7/c1-19-10-5-7(14(18)21-3)4-8(12(10)20-2)9-6-11(13(16)17)22-15-9/h4-6H,1-3H3,(H,16,17). The van der Waals surface area contributed by atoms with Crippen LogP contribution >= 0.6 is 0 Å². The van der Waals surface area contributed by atoms with Gasteiger partial charge in [0, 0.05) is 6.07 Å². The van der Waals surface area contributed by atoms with E-state index in [-0.39, 0.29) is 22.8 Å². The van der Waals surface area contributed by atoms with E-state index in [9.17, 15) is 9.59 Å². The molecule has 0 fully saturated rings. The van der Waals surface area contributed by atoms with Gasteiger partial charge in [-0.15, -0.1) is 0 Å². The molecule has 0 aliphatic rings. The van der Waals surface area contributed by atoms with E-state index < -0.39 is 11.9 Å². The molecule has 1 aromatic carbocycles. The summed E-state index contributed by atoms with van der Waals surface area (Å²) in [5, 5.41) is 12.6. The highest BCUT2D eigenvalue weighted by molar-refractivity contribution is 5.93. The molecule has 0 unspecified atom stereocenters. The van der Waals surface area contributed by atoms with Gasteiger partial charge in [0.1, 0.15) is 5.69 Å². The van der Waals surface area contributed by atoms with Gasteiger partial charge in [0.05, 0.1) is 32.5 Å². The number of carboxylic acid groups (broad SMARTS) is 1. The summed E-state index contributed by atoms with van der Waals surface area (Å²) in [6, 6.07) is 4.13. The Morgan fingerprint density at radius 1 is 1.14 bits per heavy atom. The van der Waals surface area contributed by atoms with Crippen LogP contribution in [0.2, 0.25) is 0 Å². The van der Waals surface area contributed by atoms with E-state index in [1.54, 1.807) is 0 Å². The maximum atomic E-state index is 11.7. The summed E-state index contributed by atoms with van der Waals surface area (Å²) in [5.74, 6) is -1.60. The molecule has 8 heteroatoms. The summed E-state index contributed by atoms with van der Waals surface area (Å²) < 4.78 is 19.8. The molecule has 8 nitrogen and oxygen atoms in total. The summed E-state index contributed by atoms with van der Waals surface area (Å²) in [5.41, 5.74) is 0.742. The largest absolute Gasteiger partial charge is 0.493 e. The second kappa shape index (κ2) is 6.17. The van der Waals surface area contributed by atoms with Crippen molar-refractivity contribution in [1.29, 1.82) is 0 Å². The molecular formula is C14H13NO7. The van der Waals surface area contributed by atoms with Crippen molar-refractivity contribution in [2.45, 2.75) is 0 Å². The fourth-order valence-corrected chi connectivity index (χ4v) is 1.89. The summed E-state index contributed by atoms with van der Waals surface area (Å²) in [6.45, 7) is 0. The SMILES string of the molecule is COC(=O)c1cc(OC)c(OC)c(-c2cc(C(=O)O)on2)c1. The molecule has 0 radical (unpaired) electrons. The number of nitrogens with zero attached hydrogens (tertiary/aromatic N) is 1. The number of hydrogen-bond donors (Lipinski definition) is 1. The lowest BCUT2D eigenvalue weighted by Crippen LogP contribution is -2.04. The third-order valence-corrected chi connectivity index (χ3v) is 2.90. The van der Waals surface area contributed by atoms with Crippen LogP contribution in [-0.4, -0.2) is 43.5 Å². The Balaban J connectivity index is 2.65. The van der Waals surface area contributed by atoms with Gasteiger partial charge in [-0.2, -0.15) is 0 Å². The van der Waals surface area contributed by atoms with E-state index in [4.69, 9.17) is 19.1 Å². The smallest absolute Gasteiger partial charge is 0.374 e. The third kappa shape index (κ3) is 2.71. The second-order valence-electron chi connectivity index (χ2n) is 4.13. The first kappa shape index (κ1) is 15.4. The van der Waals surface area contributed by atoms with E-state index >= 15 is 0 Å². The Labute approximate surface area is 125 Å². The molecule has 22 heavy (non-hydrogen) atoms. The highest BCUT2D eigenvalue weighted by atomic mass is 16.5. The minimum atomic E-state index is -1.26. The lowest BCUT2D eigenvalue weighted by Gasteiger charge is -2.12. The van der Waals surface area contributed by atoms with E-state index in [1.807, 2.05) is 0 Å². The van der Waals surface area contributed by atoms with Gasteiger partial charge in [0.25, 0.3) is 0 Å². The monoisotopic (exact) mass is 307 g/mol. The van der Waals surface area contributed by atoms with Gasteiger partial charge in [-0.3, -0.25) is 0 Å². The van der Waals surface area contributed by atoms with Crippen LogP contribution in [0.5, 0.6) is 11.5 Å². The number of carbonyl (C=O) groups is 2. The topological polar surface area (TPSA) is 108 Å². The molecule has 0 saturated carbocycles. The number of carbonyl (C=O) groups excluding carboxylic acids is 1. The first-order chi connectivity index (χ1) is 10.5. The Hall–Kier alpha value is -3.03. The van der Waals surface area contributed by atoms with E-state index in [0.29, 0.717) is 11.3 Å². The normalized spacial score (nSPS) is 10.1. The van der Waals surface area contributed by atoms with Crippen LogP contribution in [0.4, 0.5) is 0 Å². The van der Waals surface area contributed by atoms with Crippen molar-refractivity contribution >= 4 is 11.9 Å². The van der Waals surface area contributed by atoms with Gasteiger partial charge in [0.2, 0.25) is 5.76 Å². The van der Waals surface area contributed by atoms with Gasteiger partial charge in [-0.25, -0.2) is 9.59 Å². The number of hydrogen-bond acceptors (Lipinski definition) is 7. The maximum Gasteiger partial charge on any atom is 0.374 e. The van der Waals surface area contributed by atoms with E-state index in [0.717, 1.165) is 0 Å². The van der Waals surface area contributed by atoms with Crippen molar-refractivity contribution in [3.8, 4) is 22.8 Å². The number of ether oxygens (including phenoxy) is 3. The zero-order valence-electron chi connectivity index (χ0n) is 12.1. The molecule has 0 aliphatic heterocycles. The molecule has 0 amide bonds. The van der Waals surface area contributed by atoms with Gasteiger partial charge in [-0.1, -0.05) is 5.16 Å². The van der Waals surface area contributed by atoms with Crippen LogP contribution < -0.4 is 9.47 Å². The van der Waals surface area contributed by atoms with Crippen molar-refractivity contribution < 1.29 is 33.4 Å². The Kier molecular flexibility index (Phi) is 4.31. The molecule has 0 bridgehead atoms. The number of aromatic carboxylic acids is 1. The van der Waals surface area contributed by atoms with Crippen molar-refractivity contribution in [3.63, 3.8) is 0 Å². The van der Waals surface area contributed by atoms with E-state index in [1.165, 1.54) is 39.5 Å². The fraction of sp³-hybridized carbons (Fsp3) is 0.214. The molecule has 2 aromatic rings. The van der Waals surface area contributed by atoms with Crippen LogP contribution in [0.25, 0.3) is 11.3 Å². The molecule has 2 rings (SSSR count). The predicted octanol–water partition coefficient (Wildman–Crippen LogP) is 1.84. The summed E-state index contributed by atoms with van der Waals surface area (Å²) in [6.07, 6.45) is 0. The minimum Gasteiger partial charge on any atom is -0.493 e. The molecule has 0 saturated heterocycles. The third-order valence-electron chi connectivity index (χ3n) is 2.90. The number of carboxylic acids is 1. The van der Waals surface area contributed by atoms with Crippen molar-refractivity contribution in [2.24, 2.45) is 0 Å². The fourth-order valence-electron chi connectivity index (χ4n) is 1.89. The zero-order valence-corrected chi connectivity index (χ0v) is 12.1. The molecule has 0 spiro atoms. The Morgan fingerprint density at radius 2 is 1.86 bits per heavy atom. The first-order valence-corrected chi connectivity index (χ1v) is 6.06. The molecule has 116 valence electrons. The van der Waals surface area contributed by atoms with Gasteiger partial charge in [-0.05, 0) is 12.1 Å². The number of benzene rings is 1. The minimum absolute atomic E-state index is 0.193. The molecule has 1 N–H and O–H groups in total. The van der Waals surface area contributed by atoms with Crippen LogP contribution in [0.15, 0.2) is 22.7 Å².